The van der Waals surface area contributed by atoms with E-state index in [1.54, 1.807) is 12.1 Å². The molecule has 1 aliphatic rings. The summed E-state index contributed by atoms with van der Waals surface area (Å²) in [6, 6.07) is 5.42. The highest BCUT2D eigenvalue weighted by Crippen LogP contribution is 2.17. The van der Waals surface area contributed by atoms with Crippen LogP contribution in [-0.4, -0.2) is 53.7 Å². The summed E-state index contributed by atoms with van der Waals surface area (Å²) < 4.78 is 13.9. The molecule has 1 saturated heterocycles. The molecular formula is C25H31FN4O4S. The fraction of sp³-hybridized carbons (Fsp3) is 0.440. The number of halogens is 1. The van der Waals surface area contributed by atoms with Crippen LogP contribution in [0.1, 0.15) is 48.3 Å². The number of para-hydroxylation sites is 1. The second kappa shape index (κ2) is 11.9. The molecule has 0 bridgehead atoms. The number of hydrogen-bond acceptors (Lipinski definition) is 5. The zero-order chi connectivity index (χ0) is 25.5. The van der Waals surface area contributed by atoms with Gasteiger partial charge < -0.3 is 20.9 Å². The van der Waals surface area contributed by atoms with Gasteiger partial charge in [-0.15, -0.1) is 11.3 Å². The Morgan fingerprint density at radius 2 is 1.97 bits per heavy atom. The second-order valence-electron chi connectivity index (χ2n) is 9.15. The first-order valence-electron chi connectivity index (χ1n) is 11.6. The molecule has 1 aliphatic heterocycles. The Balaban J connectivity index is 1.61. The lowest BCUT2D eigenvalue weighted by Crippen LogP contribution is -2.52. The SMILES string of the molecule is Cc1csc(C(=O)N[C@@H](CC(C)C)C(=O)NC2CCCN(C(=O)Nc3ccccc3F)CC2=O)c1. The van der Waals surface area contributed by atoms with Gasteiger partial charge in [0, 0.05) is 6.54 Å². The molecule has 1 aromatic carbocycles. The number of likely N-dealkylation sites (tertiary alicyclic amines) is 1. The van der Waals surface area contributed by atoms with Crippen LogP contribution >= 0.6 is 11.3 Å². The monoisotopic (exact) mass is 502 g/mol. The topological polar surface area (TPSA) is 108 Å². The maximum absolute atomic E-state index is 13.9. The summed E-state index contributed by atoms with van der Waals surface area (Å²) in [5.74, 6) is -1.50. The third kappa shape index (κ3) is 7.35. The van der Waals surface area contributed by atoms with Crippen LogP contribution < -0.4 is 16.0 Å². The summed E-state index contributed by atoms with van der Waals surface area (Å²) in [7, 11) is 0. The maximum Gasteiger partial charge on any atom is 0.322 e. The third-order valence-electron chi connectivity index (χ3n) is 5.66. The predicted molar refractivity (Wildman–Crippen MR) is 133 cm³/mol. The normalized spacial score (nSPS) is 17.0. The molecule has 4 amide bonds. The first-order valence-corrected chi connectivity index (χ1v) is 12.5. The number of anilines is 1. The second-order valence-corrected chi connectivity index (χ2v) is 10.1. The van der Waals surface area contributed by atoms with E-state index in [1.165, 1.54) is 34.4 Å². The van der Waals surface area contributed by atoms with Crippen LogP contribution in [0.4, 0.5) is 14.9 Å². The lowest BCUT2D eigenvalue weighted by atomic mass is 10.0. The number of rotatable bonds is 7. The zero-order valence-electron chi connectivity index (χ0n) is 20.1. The van der Waals surface area contributed by atoms with E-state index < -0.39 is 29.8 Å². The zero-order valence-corrected chi connectivity index (χ0v) is 20.9. The van der Waals surface area contributed by atoms with E-state index >= 15 is 0 Å². The van der Waals surface area contributed by atoms with Gasteiger partial charge in [0.1, 0.15) is 11.9 Å². The summed E-state index contributed by atoms with van der Waals surface area (Å²) in [6.45, 7) is 5.88. The first kappa shape index (κ1) is 26.3. The molecule has 3 rings (SSSR count). The third-order valence-corrected chi connectivity index (χ3v) is 6.71. The molecule has 3 N–H and O–H groups in total. The van der Waals surface area contributed by atoms with Crippen molar-refractivity contribution in [3.8, 4) is 0 Å². The number of benzene rings is 1. The van der Waals surface area contributed by atoms with Crippen molar-refractivity contribution in [1.82, 2.24) is 15.5 Å². The van der Waals surface area contributed by atoms with Gasteiger partial charge in [-0.1, -0.05) is 26.0 Å². The summed E-state index contributed by atoms with van der Waals surface area (Å²) >= 11 is 1.31. The molecule has 10 heteroatoms. The molecule has 0 aliphatic carbocycles. The molecule has 2 aromatic rings. The smallest absolute Gasteiger partial charge is 0.322 e. The van der Waals surface area contributed by atoms with Crippen molar-refractivity contribution in [3.05, 3.63) is 52.0 Å². The van der Waals surface area contributed by atoms with Gasteiger partial charge in [-0.25, -0.2) is 9.18 Å². The number of nitrogens with one attached hydrogen (secondary N) is 3. The number of nitrogens with zero attached hydrogens (tertiary/aromatic N) is 1. The standard InChI is InChI=1S/C25H31FN4O4S/c1-15(2)11-20(28-24(33)22-12-16(3)14-35-22)23(32)27-19-9-6-10-30(13-21(19)31)25(34)29-18-8-5-4-7-17(18)26/h4-5,7-8,12,14-15,19-20H,6,9-11,13H2,1-3H3,(H,27,32)(H,28,33)(H,29,34)/t19?,20-/m0/s1. The quantitative estimate of drug-likeness (QED) is 0.536. The van der Waals surface area contributed by atoms with Crippen molar-refractivity contribution < 1.29 is 23.6 Å². The molecule has 1 fully saturated rings. The van der Waals surface area contributed by atoms with Crippen molar-refractivity contribution in [2.24, 2.45) is 5.92 Å². The summed E-state index contributed by atoms with van der Waals surface area (Å²) in [6.07, 6.45) is 1.26. The fourth-order valence-electron chi connectivity index (χ4n) is 3.86. The van der Waals surface area contributed by atoms with Crippen LogP contribution in [0.5, 0.6) is 0 Å². The van der Waals surface area contributed by atoms with E-state index in [-0.39, 0.29) is 29.8 Å². The van der Waals surface area contributed by atoms with E-state index in [0.29, 0.717) is 30.7 Å². The Bertz CT molecular complexity index is 1090. The Kier molecular flexibility index (Phi) is 8.97. The van der Waals surface area contributed by atoms with E-state index in [1.807, 2.05) is 26.2 Å². The van der Waals surface area contributed by atoms with Gasteiger partial charge in [-0.05, 0) is 61.2 Å². The fourth-order valence-corrected chi connectivity index (χ4v) is 4.66. The predicted octanol–water partition coefficient (Wildman–Crippen LogP) is 3.72. The highest BCUT2D eigenvalue weighted by atomic mass is 32.1. The number of hydrogen-bond donors (Lipinski definition) is 3. The molecular weight excluding hydrogens is 471 g/mol. The van der Waals surface area contributed by atoms with Crippen LogP contribution in [0.2, 0.25) is 0 Å². The van der Waals surface area contributed by atoms with Gasteiger partial charge in [-0.3, -0.25) is 14.4 Å². The Hall–Kier alpha value is -3.27. The van der Waals surface area contributed by atoms with Crippen LogP contribution in [0.15, 0.2) is 35.7 Å². The van der Waals surface area contributed by atoms with Crippen molar-refractivity contribution in [3.63, 3.8) is 0 Å². The molecule has 0 spiro atoms. The molecule has 188 valence electrons. The van der Waals surface area contributed by atoms with E-state index in [2.05, 4.69) is 16.0 Å². The summed E-state index contributed by atoms with van der Waals surface area (Å²) in [5, 5.41) is 9.93. The van der Waals surface area contributed by atoms with Crippen molar-refractivity contribution >= 4 is 40.7 Å². The molecule has 8 nitrogen and oxygen atoms in total. The van der Waals surface area contributed by atoms with Gasteiger partial charge in [0.25, 0.3) is 5.91 Å². The van der Waals surface area contributed by atoms with Gasteiger partial charge in [0.2, 0.25) is 5.91 Å². The minimum absolute atomic E-state index is 0.0345. The molecule has 0 saturated carbocycles. The Morgan fingerprint density at radius 1 is 1.23 bits per heavy atom. The maximum atomic E-state index is 13.9. The van der Waals surface area contributed by atoms with E-state index in [9.17, 15) is 23.6 Å². The minimum Gasteiger partial charge on any atom is -0.344 e. The number of Topliss-reactive ketones (excluding diaryl/α,β-unsaturated/α-hetero) is 1. The van der Waals surface area contributed by atoms with Gasteiger partial charge in [0.05, 0.1) is 23.2 Å². The van der Waals surface area contributed by atoms with Gasteiger partial charge in [-0.2, -0.15) is 0 Å². The van der Waals surface area contributed by atoms with Crippen LogP contribution in [0, 0.1) is 18.7 Å². The van der Waals surface area contributed by atoms with E-state index in [0.717, 1.165) is 5.56 Å². The minimum atomic E-state index is -0.790. The molecule has 1 aromatic heterocycles. The number of aryl methyl sites for hydroxylation is 1. The van der Waals surface area contributed by atoms with Crippen LogP contribution in [-0.2, 0) is 9.59 Å². The van der Waals surface area contributed by atoms with Crippen LogP contribution in [0.25, 0.3) is 0 Å². The van der Waals surface area contributed by atoms with Crippen LogP contribution in [0.3, 0.4) is 0 Å². The number of thiophene rings is 1. The highest BCUT2D eigenvalue weighted by Gasteiger charge is 2.31. The Labute approximate surface area is 208 Å². The molecule has 1 unspecified atom stereocenters. The molecule has 2 heterocycles. The van der Waals surface area contributed by atoms with Gasteiger partial charge >= 0.3 is 6.03 Å². The number of amides is 4. The highest BCUT2D eigenvalue weighted by molar-refractivity contribution is 7.12. The summed E-state index contributed by atoms with van der Waals surface area (Å²) in [5.41, 5.74) is 1.00. The Morgan fingerprint density at radius 3 is 2.63 bits per heavy atom. The lowest BCUT2D eigenvalue weighted by Gasteiger charge is -2.23. The van der Waals surface area contributed by atoms with E-state index in [4.69, 9.17) is 0 Å². The van der Waals surface area contributed by atoms with Crippen molar-refractivity contribution in [1.29, 1.82) is 0 Å². The summed E-state index contributed by atoms with van der Waals surface area (Å²) in [4.78, 5) is 53.0. The lowest BCUT2D eigenvalue weighted by molar-refractivity contribution is -0.129. The molecule has 35 heavy (non-hydrogen) atoms. The van der Waals surface area contributed by atoms with Gasteiger partial charge in [0.15, 0.2) is 5.78 Å². The molecule has 0 radical (unpaired) electrons. The molecule has 2 atom stereocenters. The average Bonchev–Trinajstić information content (AvgIpc) is 3.15. The van der Waals surface area contributed by atoms with Crippen molar-refractivity contribution in [2.45, 2.75) is 52.1 Å². The number of carbonyl (C=O) groups is 4. The number of carbonyl (C=O) groups excluding carboxylic acids is 4. The first-order chi connectivity index (χ1) is 16.6. The average molecular weight is 503 g/mol. The van der Waals surface area contributed by atoms with Crippen molar-refractivity contribution in [2.75, 3.05) is 18.4 Å². The number of urea groups is 1. The number of ketones is 1. The largest absolute Gasteiger partial charge is 0.344 e.